The number of H-pyrrole nitrogens is 1. The summed E-state index contributed by atoms with van der Waals surface area (Å²) < 4.78 is 38.6. The first-order valence-electron chi connectivity index (χ1n) is 5.69. The number of halogens is 4. The zero-order valence-electron chi connectivity index (χ0n) is 10.2. The third kappa shape index (κ3) is 2.38. The van der Waals surface area contributed by atoms with E-state index >= 15 is 0 Å². The Hall–Kier alpha value is -2.35. The second-order valence-corrected chi connectivity index (χ2v) is 4.60. The number of fused-ring (bicyclic) bond motifs is 1. The largest absolute Gasteiger partial charge is 0.418 e. The molecule has 21 heavy (non-hydrogen) atoms. The molecule has 3 aromatic rings. The van der Waals surface area contributed by atoms with E-state index in [4.69, 9.17) is 17.3 Å². The maximum Gasteiger partial charge on any atom is 0.418 e. The van der Waals surface area contributed by atoms with Crippen molar-refractivity contribution in [2.75, 3.05) is 5.73 Å². The quantitative estimate of drug-likeness (QED) is 0.533. The number of rotatable bonds is 1. The zero-order valence-corrected chi connectivity index (χ0v) is 11.0. The van der Waals surface area contributed by atoms with Crippen LogP contribution in [0.1, 0.15) is 5.56 Å². The third-order valence-corrected chi connectivity index (χ3v) is 3.15. The molecule has 0 bridgehead atoms. The number of nitrogen functional groups attached to an aromatic ring is 1. The summed E-state index contributed by atoms with van der Waals surface area (Å²) in [6.45, 7) is 0. The molecule has 0 amide bonds. The highest BCUT2D eigenvalue weighted by atomic mass is 35.5. The fraction of sp³-hybridized carbons (Fsp3) is 0.0833. The summed E-state index contributed by atoms with van der Waals surface area (Å²) in [6.07, 6.45) is -3.31. The zero-order chi connectivity index (χ0) is 15.2. The molecule has 0 aliphatic heterocycles. The van der Waals surface area contributed by atoms with E-state index in [-0.39, 0.29) is 22.2 Å². The summed E-state index contributed by atoms with van der Waals surface area (Å²) in [5.74, 6) is 0.206. The van der Waals surface area contributed by atoms with Crippen LogP contribution in [0.4, 0.5) is 18.9 Å². The lowest BCUT2D eigenvalue weighted by atomic mass is 10.1. The highest BCUT2D eigenvalue weighted by molar-refractivity contribution is 6.33. The first-order chi connectivity index (χ1) is 9.86. The number of benzene rings is 1. The lowest BCUT2D eigenvalue weighted by Gasteiger charge is -2.10. The van der Waals surface area contributed by atoms with Gasteiger partial charge < -0.3 is 10.7 Å². The SMILES string of the molecule is Nc1ccc(-c2nc3c(Cl)ncnc3[nH]2)cc1C(F)(F)F. The Kier molecular flexibility index (Phi) is 2.98. The van der Waals surface area contributed by atoms with Gasteiger partial charge in [-0.25, -0.2) is 15.0 Å². The van der Waals surface area contributed by atoms with E-state index in [0.29, 0.717) is 11.2 Å². The first-order valence-corrected chi connectivity index (χ1v) is 6.07. The maximum absolute atomic E-state index is 12.9. The van der Waals surface area contributed by atoms with E-state index in [9.17, 15) is 13.2 Å². The molecular weight excluding hydrogens is 307 g/mol. The minimum absolute atomic E-state index is 0.119. The number of nitrogens with two attached hydrogens (primary N) is 1. The van der Waals surface area contributed by atoms with Crippen molar-refractivity contribution in [2.24, 2.45) is 0 Å². The average molecular weight is 314 g/mol. The number of hydrogen-bond donors (Lipinski definition) is 2. The van der Waals surface area contributed by atoms with E-state index in [1.54, 1.807) is 0 Å². The van der Waals surface area contributed by atoms with Crippen LogP contribution in [0.5, 0.6) is 0 Å². The van der Waals surface area contributed by atoms with Crippen molar-refractivity contribution in [2.45, 2.75) is 6.18 Å². The predicted molar refractivity (Wildman–Crippen MR) is 71.5 cm³/mol. The molecule has 2 aromatic heterocycles. The van der Waals surface area contributed by atoms with Crippen LogP contribution in [0.2, 0.25) is 5.15 Å². The second-order valence-electron chi connectivity index (χ2n) is 4.25. The van der Waals surface area contributed by atoms with Gasteiger partial charge >= 0.3 is 6.18 Å². The molecule has 0 aliphatic rings. The van der Waals surface area contributed by atoms with Crippen LogP contribution in [0, 0.1) is 0 Å². The first kappa shape index (κ1) is 13.6. The molecule has 0 fully saturated rings. The van der Waals surface area contributed by atoms with Crippen LogP contribution in [-0.2, 0) is 6.18 Å². The van der Waals surface area contributed by atoms with Crippen LogP contribution in [0.3, 0.4) is 0 Å². The van der Waals surface area contributed by atoms with Gasteiger partial charge in [0, 0.05) is 11.3 Å². The van der Waals surface area contributed by atoms with Gasteiger partial charge in [0.1, 0.15) is 17.7 Å². The summed E-state index contributed by atoms with van der Waals surface area (Å²) in [5.41, 5.74) is 4.95. The van der Waals surface area contributed by atoms with Gasteiger partial charge in [0.2, 0.25) is 0 Å². The van der Waals surface area contributed by atoms with Crippen molar-refractivity contribution in [1.82, 2.24) is 19.9 Å². The molecule has 0 saturated carbocycles. The molecule has 9 heteroatoms. The molecular formula is C12H7ClF3N5. The van der Waals surface area contributed by atoms with Crippen molar-refractivity contribution in [3.63, 3.8) is 0 Å². The Labute approximate surface area is 121 Å². The average Bonchev–Trinajstić information content (AvgIpc) is 2.83. The normalized spacial score (nSPS) is 12.0. The Balaban J connectivity index is 2.17. The van der Waals surface area contributed by atoms with E-state index < -0.39 is 11.7 Å². The standard InChI is InChI=1S/C12H7ClF3N5/c13-9-8-11(19-4-18-9)21-10(20-8)5-1-2-7(17)6(3-5)12(14,15)16/h1-4H,17H2,(H,18,19,20,21). The Morgan fingerprint density at radius 3 is 2.62 bits per heavy atom. The number of alkyl halides is 3. The molecule has 0 aliphatic carbocycles. The molecule has 0 unspecified atom stereocenters. The summed E-state index contributed by atoms with van der Waals surface area (Å²) in [4.78, 5) is 14.6. The Bertz CT molecular complexity index is 827. The summed E-state index contributed by atoms with van der Waals surface area (Å²) in [7, 11) is 0. The summed E-state index contributed by atoms with van der Waals surface area (Å²) in [5, 5.41) is 0.119. The molecule has 3 N–H and O–H groups in total. The molecule has 5 nitrogen and oxygen atoms in total. The van der Waals surface area contributed by atoms with Crippen LogP contribution in [0.25, 0.3) is 22.6 Å². The van der Waals surface area contributed by atoms with E-state index in [1.165, 1.54) is 18.5 Å². The van der Waals surface area contributed by atoms with Crippen LogP contribution in [-0.4, -0.2) is 19.9 Å². The molecule has 3 rings (SSSR count). The second kappa shape index (κ2) is 4.59. The highest BCUT2D eigenvalue weighted by Crippen LogP contribution is 2.36. The minimum Gasteiger partial charge on any atom is -0.398 e. The minimum atomic E-state index is -4.54. The van der Waals surface area contributed by atoms with Gasteiger partial charge in [-0.3, -0.25) is 0 Å². The number of nitrogens with zero attached hydrogens (tertiary/aromatic N) is 3. The van der Waals surface area contributed by atoms with Crippen LogP contribution < -0.4 is 5.73 Å². The number of hydrogen-bond acceptors (Lipinski definition) is 4. The van der Waals surface area contributed by atoms with Gasteiger partial charge in [-0.15, -0.1) is 0 Å². The summed E-state index contributed by atoms with van der Waals surface area (Å²) in [6, 6.07) is 3.54. The third-order valence-electron chi connectivity index (χ3n) is 2.87. The van der Waals surface area contributed by atoms with E-state index in [2.05, 4.69) is 19.9 Å². The number of aromatic nitrogens is 4. The molecule has 0 saturated heterocycles. The topological polar surface area (TPSA) is 80.5 Å². The number of imidazole rings is 1. The molecule has 0 radical (unpaired) electrons. The molecule has 0 atom stereocenters. The van der Waals surface area contributed by atoms with E-state index in [0.717, 1.165) is 6.07 Å². The molecule has 2 heterocycles. The predicted octanol–water partition coefficient (Wildman–Crippen LogP) is 3.27. The monoisotopic (exact) mass is 313 g/mol. The number of nitrogens with one attached hydrogen (secondary N) is 1. The maximum atomic E-state index is 12.9. The van der Waals surface area contributed by atoms with Crippen molar-refractivity contribution < 1.29 is 13.2 Å². The fourth-order valence-corrected chi connectivity index (χ4v) is 2.06. The van der Waals surface area contributed by atoms with Crippen molar-refractivity contribution in [3.8, 4) is 11.4 Å². The number of aromatic amines is 1. The fourth-order valence-electron chi connectivity index (χ4n) is 1.89. The lowest BCUT2D eigenvalue weighted by Crippen LogP contribution is -2.09. The van der Waals surface area contributed by atoms with E-state index in [1.807, 2.05) is 0 Å². The van der Waals surface area contributed by atoms with Gasteiger partial charge in [0.05, 0.1) is 5.56 Å². The number of anilines is 1. The molecule has 1 aromatic carbocycles. The smallest absolute Gasteiger partial charge is 0.398 e. The van der Waals surface area contributed by atoms with Crippen molar-refractivity contribution >= 4 is 28.5 Å². The van der Waals surface area contributed by atoms with Crippen molar-refractivity contribution in [1.29, 1.82) is 0 Å². The Morgan fingerprint density at radius 1 is 1.19 bits per heavy atom. The van der Waals surface area contributed by atoms with Gasteiger partial charge in [0.25, 0.3) is 0 Å². The summed E-state index contributed by atoms with van der Waals surface area (Å²) >= 11 is 5.85. The van der Waals surface area contributed by atoms with Crippen molar-refractivity contribution in [3.05, 3.63) is 35.2 Å². The van der Waals surface area contributed by atoms with Gasteiger partial charge in [0.15, 0.2) is 10.8 Å². The Morgan fingerprint density at radius 2 is 1.95 bits per heavy atom. The lowest BCUT2D eigenvalue weighted by molar-refractivity contribution is -0.136. The van der Waals surface area contributed by atoms with Crippen LogP contribution >= 0.6 is 11.6 Å². The van der Waals surface area contributed by atoms with Crippen LogP contribution in [0.15, 0.2) is 24.5 Å². The molecule has 0 spiro atoms. The van der Waals surface area contributed by atoms with Gasteiger partial charge in [-0.2, -0.15) is 13.2 Å². The van der Waals surface area contributed by atoms with Gasteiger partial charge in [-0.1, -0.05) is 11.6 Å². The highest BCUT2D eigenvalue weighted by Gasteiger charge is 2.33. The molecule has 108 valence electrons. The van der Waals surface area contributed by atoms with Gasteiger partial charge in [-0.05, 0) is 18.2 Å².